The maximum Gasteiger partial charge on any atom is 0.251 e. The minimum Gasteiger partial charge on any atom is -0.363 e. The van der Waals surface area contributed by atoms with Crippen LogP contribution in [0.3, 0.4) is 0 Å². The molecule has 0 bridgehead atoms. The van der Waals surface area contributed by atoms with Gasteiger partial charge in [-0.25, -0.2) is 5.43 Å². The van der Waals surface area contributed by atoms with Crippen LogP contribution in [-0.4, -0.2) is 29.5 Å². The molecule has 196 valence electrons. The van der Waals surface area contributed by atoms with Gasteiger partial charge in [-0.15, -0.1) is 0 Å². The van der Waals surface area contributed by atoms with E-state index >= 15 is 0 Å². The fourth-order valence-corrected chi connectivity index (χ4v) is 5.69. The molecule has 3 N–H and O–H groups in total. The summed E-state index contributed by atoms with van der Waals surface area (Å²) in [7, 11) is 1.91. The Balaban J connectivity index is 2.04. The van der Waals surface area contributed by atoms with Gasteiger partial charge < -0.3 is 10.6 Å². The summed E-state index contributed by atoms with van der Waals surface area (Å²) in [6, 6.07) is 8.50. The Morgan fingerprint density at radius 1 is 1.19 bits per heavy atom. The average molecular weight is 511 g/mol. The minimum absolute atomic E-state index is 0.0142. The molecule has 0 spiro atoms. The minimum atomic E-state index is -0.430. The summed E-state index contributed by atoms with van der Waals surface area (Å²) < 4.78 is 0. The first-order valence-corrected chi connectivity index (χ1v) is 13.6. The van der Waals surface area contributed by atoms with Crippen LogP contribution in [-0.2, 0) is 10.3 Å². The van der Waals surface area contributed by atoms with Gasteiger partial charge in [-0.2, -0.15) is 0 Å². The molecular weight excluding hydrogens is 468 g/mol. The lowest BCUT2D eigenvalue weighted by Gasteiger charge is -2.49. The fraction of sp³-hybridized carbons (Fsp3) is 0.500. The first-order valence-electron chi connectivity index (χ1n) is 13.2. The van der Waals surface area contributed by atoms with Gasteiger partial charge >= 0.3 is 0 Å². The summed E-state index contributed by atoms with van der Waals surface area (Å²) in [6.07, 6.45) is 12.2. The van der Waals surface area contributed by atoms with Gasteiger partial charge in [0.05, 0.1) is 22.7 Å². The molecule has 1 heterocycles. The maximum atomic E-state index is 14.0. The summed E-state index contributed by atoms with van der Waals surface area (Å²) in [5.41, 5.74) is 6.79. The number of aryl methyl sites for hydroxylation is 1. The van der Waals surface area contributed by atoms with E-state index in [2.05, 4.69) is 98.2 Å². The number of hydrogen-bond acceptors (Lipinski definition) is 4. The van der Waals surface area contributed by atoms with E-state index in [1.165, 1.54) is 5.56 Å². The van der Waals surface area contributed by atoms with Crippen molar-refractivity contribution in [3.63, 3.8) is 0 Å². The Bertz CT molecular complexity index is 1060. The van der Waals surface area contributed by atoms with Gasteiger partial charge in [0.15, 0.2) is 0 Å². The first kappa shape index (κ1) is 28.1. The third-order valence-electron chi connectivity index (χ3n) is 7.64. The quantitative estimate of drug-likeness (QED) is 0.357. The standard InChI is InChI=1S/C30H43ClN4O/c1-8-23(28(36)34-30(9-2,10-3)22-18-16-21(4)17-19-22)27-33-26(20-29(5,6)35(27)32-7)24-14-12-11-13-15-25(24)31/h11-12,14-19,26,32-33H,8-10,13,20H2,1-7H3,(H,34,36)/b27-23+. The van der Waals surface area contributed by atoms with Crippen molar-refractivity contribution in [2.75, 3.05) is 7.05 Å². The number of carbonyl (C=O) groups excluding carboxylic acids is 1. The van der Waals surface area contributed by atoms with Crippen LogP contribution >= 0.6 is 11.6 Å². The zero-order chi connectivity index (χ0) is 26.5. The summed E-state index contributed by atoms with van der Waals surface area (Å²) in [5, 5.41) is 10.0. The zero-order valence-corrected chi connectivity index (χ0v) is 23.7. The highest BCUT2D eigenvalue weighted by Crippen LogP contribution is 2.36. The largest absolute Gasteiger partial charge is 0.363 e. The Hall–Kier alpha value is -2.50. The lowest BCUT2D eigenvalue weighted by molar-refractivity contribution is -0.120. The fourth-order valence-electron chi connectivity index (χ4n) is 5.41. The van der Waals surface area contributed by atoms with Gasteiger partial charge in [0.1, 0.15) is 5.82 Å². The van der Waals surface area contributed by atoms with E-state index in [4.69, 9.17) is 11.6 Å². The molecule has 1 atom stereocenters. The molecule has 3 rings (SSSR count). The molecule has 1 saturated heterocycles. The monoisotopic (exact) mass is 510 g/mol. The van der Waals surface area contributed by atoms with E-state index in [9.17, 15) is 4.79 Å². The van der Waals surface area contributed by atoms with Gasteiger partial charge in [-0.1, -0.05) is 86.5 Å². The Labute approximate surface area is 222 Å². The first-order chi connectivity index (χ1) is 17.1. The van der Waals surface area contributed by atoms with Gasteiger partial charge in [-0.05, 0) is 64.0 Å². The molecule has 1 aromatic rings. The zero-order valence-electron chi connectivity index (χ0n) is 23.0. The molecule has 0 radical (unpaired) electrons. The Morgan fingerprint density at radius 3 is 2.44 bits per heavy atom. The van der Waals surface area contributed by atoms with E-state index in [0.29, 0.717) is 6.42 Å². The number of rotatable bonds is 8. The van der Waals surface area contributed by atoms with E-state index in [1.807, 2.05) is 20.0 Å². The number of nitrogens with one attached hydrogen (secondary N) is 3. The number of allylic oxidation sites excluding steroid dienone is 4. The maximum absolute atomic E-state index is 14.0. The Morgan fingerprint density at radius 2 is 1.86 bits per heavy atom. The number of hydrogen-bond donors (Lipinski definition) is 3. The molecule has 36 heavy (non-hydrogen) atoms. The summed E-state index contributed by atoms with van der Waals surface area (Å²) in [6.45, 7) is 12.8. The Kier molecular flexibility index (Phi) is 9.13. The second-order valence-corrected chi connectivity index (χ2v) is 10.8. The van der Waals surface area contributed by atoms with Crippen molar-refractivity contribution in [2.24, 2.45) is 0 Å². The van der Waals surface area contributed by atoms with Crippen molar-refractivity contribution in [1.82, 2.24) is 21.1 Å². The molecule has 6 heteroatoms. The van der Waals surface area contributed by atoms with Crippen molar-refractivity contribution in [3.05, 3.63) is 81.7 Å². The number of nitrogens with zero attached hydrogens (tertiary/aromatic N) is 1. The van der Waals surface area contributed by atoms with E-state index in [1.54, 1.807) is 0 Å². The predicted molar refractivity (Wildman–Crippen MR) is 151 cm³/mol. The highest BCUT2D eigenvalue weighted by molar-refractivity contribution is 6.32. The molecule has 0 saturated carbocycles. The number of hydrazine groups is 1. The van der Waals surface area contributed by atoms with E-state index in [-0.39, 0.29) is 17.5 Å². The number of carbonyl (C=O) groups is 1. The molecule has 1 aliphatic carbocycles. The van der Waals surface area contributed by atoms with Crippen LogP contribution in [0.1, 0.15) is 77.8 Å². The lowest BCUT2D eigenvalue weighted by Crippen LogP contribution is -2.62. The lowest BCUT2D eigenvalue weighted by atomic mass is 9.83. The van der Waals surface area contributed by atoms with E-state index in [0.717, 1.165) is 53.2 Å². The number of amides is 1. The summed E-state index contributed by atoms with van der Waals surface area (Å²) in [5.74, 6) is 0.764. The number of benzene rings is 1. The third-order valence-corrected chi connectivity index (χ3v) is 8.01. The number of halogens is 1. The van der Waals surface area contributed by atoms with Gasteiger partial charge in [-0.3, -0.25) is 9.80 Å². The molecule has 2 aliphatic rings. The SMILES string of the molecule is CC/C(C(=O)NC(CC)(CC)c1ccc(C)cc1)=C1/NC(C2=CC=CCC=C2Cl)CC(C)(C)N1NC. The second kappa shape index (κ2) is 11.7. The molecule has 5 nitrogen and oxygen atoms in total. The molecule has 1 fully saturated rings. The van der Waals surface area contributed by atoms with Crippen LogP contribution in [0.15, 0.2) is 70.6 Å². The highest BCUT2D eigenvalue weighted by Gasteiger charge is 2.41. The van der Waals surface area contributed by atoms with Gasteiger partial charge in [0.2, 0.25) is 0 Å². The van der Waals surface area contributed by atoms with Crippen molar-refractivity contribution in [3.8, 4) is 0 Å². The second-order valence-electron chi connectivity index (χ2n) is 10.4. The van der Waals surface area contributed by atoms with Crippen LogP contribution in [0.2, 0.25) is 0 Å². The van der Waals surface area contributed by atoms with Crippen molar-refractivity contribution < 1.29 is 4.79 Å². The van der Waals surface area contributed by atoms with Crippen molar-refractivity contribution in [2.45, 2.75) is 90.8 Å². The van der Waals surface area contributed by atoms with Crippen LogP contribution < -0.4 is 16.1 Å². The summed E-state index contributed by atoms with van der Waals surface area (Å²) >= 11 is 6.70. The third kappa shape index (κ3) is 5.73. The van der Waals surface area contributed by atoms with Crippen LogP contribution in [0.25, 0.3) is 0 Å². The van der Waals surface area contributed by atoms with Crippen LogP contribution in [0, 0.1) is 6.92 Å². The van der Waals surface area contributed by atoms with Crippen molar-refractivity contribution >= 4 is 17.5 Å². The predicted octanol–water partition coefficient (Wildman–Crippen LogP) is 6.33. The summed E-state index contributed by atoms with van der Waals surface area (Å²) in [4.78, 5) is 14.0. The average Bonchev–Trinajstić information content (AvgIpc) is 3.07. The van der Waals surface area contributed by atoms with Gasteiger partial charge in [0, 0.05) is 12.1 Å². The molecule has 1 amide bonds. The van der Waals surface area contributed by atoms with Crippen molar-refractivity contribution in [1.29, 1.82) is 0 Å². The molecule has 1 aliphatic heterocycles. The molecule has 0 aromatic heterocycles. The smallest absolute Gasteiger partial charge is 0.251 e. The van der Waals surface area contributed by atoms with Crippen LogP contribution in [0.4, 0.5) is 0 Å². The molecular formula is C30H43ClN4O. The highest BCUT2D eigenvalue weighted by atomic mass is 35.5. The van der Waals surface area contributed by atoms with Gasteiger partial charge in [0.25, 0.3) is 5.91 Å². The normalized spacial score (nSPS) is 21.2. The molecule has 1 aromatic carbocycles. The van der Waals surface area contributed by atoms with Crippen LogP contribution in [0.5, 0.6) is 0 Å². The van der Waals surface area contributed by atoms with E-state index < -0.39 is 5.54 Å². The topological polar surface area (TPSA) is 56.4 Å². The molecule has 1 unspecified atom stereocenters.